The molecule has 1 atom stereocenters. The zero-order valence-electron chi connectivity index (χ0n) is 13.4. The van der Waals surface area contributed by atoms with Gasteiger partial charge in [-0.2, -0.15) is 5.10 Å². The average molecular weight is 323 g/mol. The van der Waals surface area contributed by atoms with Crippen LogP contribution in [0.25, 0.3) is 5.52 Å². The topological polar surface area (TPSA) is 83.7 Å². The van der Waals surface area contributed by atoms with E-state index in [0.29, 0.717) is 5.56 Å². The molecular weight excluding hydrogens is 306 g/mol. The molecule has 3 rings (SSSR count). The molecule has 0 fully saturated rings. The third-order valence-electron chi connectivity index (χ3n) is 3.98. The summed E-state index contributed by atoms with van der Waals surface area (Å²) in [5.74, 6) is -1.19. The van der Waals surface area contributed by atoms with E-state index in [2.05, 4.69) is 10.4 Å². The largest absolute Gasteiger partial charge is 0.478 e. The van der Waals surface area contributed by atoms with E-state index in [9.17, 15) is 9.59 Å². The minimum absolute atomic E-state index is 0.217. The average Bonchev–Trinajstić information content (AvgIpc) is 3.00. The number of aryl methyl sites for hydroxylation is 1. The first-order valence-electron chi connectivity index (χ1n) is 7.55. The van der Waals surface area contributed by atoms with Gasteiger partial charge in [0, 0.05) is 5.69 Å². The number of carboxylic acids is 1. The van der Waals surface area contributed by atoms with E-state index < -0.39 is 5.97 Å². The molecule has 24 heavy (non-hydrogen) atoms. The Balaban J connectivity index is 1.80. The molecule has 0 aliphatic rings. The van der Waals surface area contributed by atoms with Crippen molar-refractivity contribution in [3.05, 3.63) is 71.0 Å². The molecule has 0 spiro atoms. The zero-order chi connectivity index (χ0) is 17.3. The number of aromatic carboxylic acids is 1. The van der Waals surface area contributed by atoms with Gasteiger partial charge in [0.1, 0.15) is 0 Å². The van der Waals surface area contributed by atoms with Crippen LogP contribution in [-0.4, -0.2) is 26.6 Å². The second-order valence-electron chi connectivity index (χ2n) is 5.64. The van der Waals surface area contributed by atoms with Gasteiger partial charge in [0.2, 0.25) is 0 Å². The highest BCUT2D eigenvalue weighted by atomic mass is 16.4. The van der Waals surface area contributed by atoms with Crippen molar-refractivity contribution >= 4 is 17.4 Å². The van der Waals surface area contributed by atoms with Gasteiger partial charge in [-0.25, -0.2) is 9.31 Å². The number of rotatable bonds is 4. The zero-order valence-corrected chi connectivity index (χ0v) is 13.4. The van der Waals surface area contributed by atoms with Gasteiger partial charge in [0.25, 0.3) is 5.91 Å². The molecule has 3 aromatic rings. The number of aromatic nitrogens is 2. The van der Waals surface area contributed by atoms with Crippen molar-refractivity contribution in [3.63, 3.8) is 0 Å². The number of carbonyl (C=O) groups is 2. The standard InChI is InChI=1S/C18H17N3O3/c1-11-4-3-5-16-15(10-19-21(11)16)17(22)20-12(2)13-6-8-14(9-7-13)18(23)24/h3-10,12H,1-2H3,(H,20,22)(H,23,24)/t12-/m1/s1. The van der Waals surface area contributed by atoms with Crippen LogP contribution in [0.3, 0.4) is 0 Å². The summed E-state index contributed by atoms with van der Waals surface area (Å²) >= 11 is 0. The first-order valence-corrected chi connectivity index (χ1v) is 7.55. The van der Waals surface area contributed by atoms with E-state index in [1.165, 1.54) is 12.1 Å². The third kappa shape index (κ3) is 2.86. The van der Waals surface area contributed by atoms with Crippen molar-refractivity contribution < 1.29 is 14.7 Å². The van der Waals surface area contributed by atoms with E-state index in [1.807, 2.05) is 32.0 Å². The number of benzene rings is 1. The lowest BCUT2D eigenvalue weighted by Crippen LogP contribution is -2.26. The minimum Gasteiger partial charge on any atom is -0.478 e. The molecule has 0 bridgehead atoms. The van der Waals surface area contributed by atoms with Gasteiger partial charge in [-0.15, -0.1) is 0 Å². The number of carbonyl (C=O) groups excluding carboxylic acids is 1. The molecule has 122 valence electrons. The summed E-state index contributed by atoms with van der Waals surface area (Å²) < 4.78 is 1.72. The predicted molar refractivity (Wildman–Crippen MR) is 89.2 cm³/mol. The van der Waals surface area contributed by atoms with Gasteiger partial charge < -0.3 is 10.4 Å². The molecule has 0 saturated heterocycles. The summed E-state index contributed by atoms with van der Waals surface area (Å²) in [4.78, 5) is 23.4. The van der Waals surface area contributed by atoms with Crippen molar-refractivity contribution in [3.8, 4) is 0 Å². The Hall–Kier alpha value is -3.15. The van der Waals surface area contributed by atoms with Crippen LogP contribution in [0.4, 0.5) is 0 Å². The van der Waals surface area contributed by atoms with E-state index in [4.69, 9.17) is 5.11 Å². The minimum atomic E-state index is -0.972. The molecule has 1 amide bonds. The Kier molecular flexibility index (Phi) is 4.04. The van der Waals surface area contributed by atoms with Gasteiger partial charge >= 0.3 is 5.97 Å². The Morgan fingerprint density at radius 3 is 2.54 bits per heavy atom. The molecule has 0 aliphatic heterocycles. The van der Waals surface area contributed by atoms with Crippen molar-refractivity contribution in [2.24, 2.45) is 0 Å². The summed E-state index contributed by atoms with van der Waals surface area (Å²) in [6.45, 7) is 3.78. The molecule has 2 heterocycles. The molecule has 6 nitrogen and oxygen atoms in total. The van der Waals surface area contributed by atoms with Crippen LogP contribution in [-0.2, 0) is 0 Å². The summed E-state index contributed by atoms with van der Waals surface area (Å²) in [5, 5.41) is 16.1. The van der Waals surface area contributed by atoms with Crippen LogP contribution >= 0.6 is 0 Å². The van der Waals surface area contributed by atoms with Crippen molar-refractivity contribution in [1.82, 2.24) is 14.9 Å². The Morgan fingerprint density at radius 2 is 1.88 bits per heavy atom. The number of pyridine rings is 1. The molecule has 6 heteroatoms. The lowest BCUT2D eigenvalue weighted by atomic mass is 10.1. The van der Waals surface area contributed by atoms with Gasteiger partial charge in [0.05, 0.1) is 28.9 Å². The Bertz CT molecular complexity index is 913. The van der Waals surface area contributed by atoms with E-state index in [1.54, 1.807) is 22.8 Å². The summed E-state index contributed by atoms with van der Waals surface area (Å²) in [6, 6.07) is 11.9. The molecule has 1 aromatic carbocycles. The lowest BCUT2D eigenvalue weighted by molar-refractivity contribution is 0.0696. The first kappa shape index (κ1) is 15.7. The summed E-state index contributed by atoms with van der Waals surface area (Å²) in [7, 11) is 0. The van der Waals surface area contributed by atoms with Crippen LogP contribution in [0.2, 0.25) is 0 Å². The maximum Gasteiger partial charge on any atom is 0.335 e. The number of fused-ring (bicyclic) bond motifs is 1. The van der Waals surface area contributed by atoms with Crippen LogP contribution in [0, 0.1) is 6.92 Å². The number of nitrogens with zero attached hydrogens (tertiary/aromatic N) is 2. The molecule has 2 aromatic heterocycles. The number of hydrogen-bond acceptors (Lipinski definition) is 3. The molecule has 0 radical (unpaired) electrons. The van der Waals surface area contributed by atoms with E-state index in [0.717, 1.165) is 16.8 Å². The molecule has 0 unspecified atom stereocenters. The third-order valence-corrected chi connectivity index (χ3v) is 3.98. The quantitative estimate of drug-likeness (QED) is 0.773. The van der Waals surface area contributed by atoms with E-state index >= 15 is 0 Å². The second kappa shape index (κ2) is 6.16. The highest BCUT2D eigenvalue weighted by molar-refractivity contribution is 6.00. The Labute approximate surface area is 138 Å². The molecular formula is C18H17N3O3. The highest BCUT2D eigenvalue weighted by Crippen LogP contribution is 2.17. The van der Waals surface area contributed by atoms with Crippen molar-refractivity contribution in [2.75, 3.05) is 0 Å². The number of carboxylic acid groups (broad SMARTS) is 1. The second-order valence-corrected chi connectivity index (χ2v) is 5.64. The van der Waals surface area contributed by atoms with Crippen molar-refractivity contribution in [1.29, 1.82) is 0 Å². The first-order chi connectivity index (χ1) is 11.5. The molecule has 0 aliphatic carbocycles. The maximum atomic E-state index is 12.5. The molecule has 2 N–H and O–H groups in total. The van der Waals surface area contributed by atoms with Crippen LogP contribution < -0.4 is 5.32 Å². The lowest BCUT2D eigenvalue weighted by Gasteiger charge is -2.14. The fourth-order valence-corrected chi connectivity index (χ4v) is 2.60. The van der Waals surface area contributed by atoms with Gasteiger partial charge in [-0.1, -0.05) is 18.2 Å². The van der Waals surface area contributed by atoms with E-state index in [-0.39, 0.29) is 17.5 Å². The maximum absolute atomic E-state index is 12.5. The summed E-state index contributed by atoms with van der Waals surface area (Å²) in [6.07, 6.45) is 1.55. The Morgan fingerprint density at radius 1 is 1.17 bits per heavy atom. The normalized spacial score (nSPS) is 12.1. The van der Waals surface area contributed by atoms with Crippen molar-refractivity contribution in [2.45, 2.75) is 19.9 Å². The highest BCUT2D eigenvalue weighted by Gasteiger charge is 2.16. The van der Waals surface area contributed by atoms with Crippen LogP contribution in [0.5, 0.6) is 0 Å². The smallest absolute Gasteiger partial charge is 0.335 e. The SMILES string of the molecule is Cc1cccc2c(C(=O)N[C@H](C)c3ccc(C(=O)O)cc3)cnn12. The summed E-state index contributed by atoms with van der Waals surface area (Å²) in [5.41, 5.74) is 3.26. The van der Waals surface area contributed by atoms with Gasteiger partial charge in [0.15, 0.2) is 0 Å². The van der Waals surface area contributed by atoms with Crippen LogP contribution in [0.1, 0.15) is 44.9 Å². The number of amides is 1. The van der Waals surface area contributed by atoms with Gasteiger partial charge in [-0.3, -0.25) is 4.79 Å². The van der Waals surface area contributed by atoms with Gasteiger partial charge in [-0.05, 0) is 43.7 Å². The fourth-order valence-electron chi connectivity index (χ4n) is 2.60. The monoisotopic (exact) mass is 323 g/mol. The predicted octanol–water partition coefficient (Wildman–Crippen LogP) is 2.83. The van der Waals surface area contributed by atoms with Crippen LogP contribution in [0.15, 0.2) is 48.7 Å². The number of nitrogens with one attached hydrogen (secondary N) is 1. The number of hydrogen-bond donors (Lipinski definition) is 2. The fraction of sp³-hybridized carbons (Fsp3) is 0.167. The molecule has 0 saturated carbocycles.